The molecule has 2 heterocycles. The number of hydrogen-bond donors (Lipinski definition) is 0. The molecular formula is C12H17ClN2O. The number of fused-ring (bicyclic) bond motifs is 1. The number of aromatic nitrogens is 2. The quantitative estimate of drug-likeness (QED) is 0.743. The summed E-state index contributed by atoms with van der Waals surface area (Å²) in [5, 5.41) is 0. The number of alkyl halides is 1. The van der Waals surface area contributed by atoms with E-state index in [-0.39, 0.29) is 11.6 Å². The minimum Gasteiger partial charge on any atom is -0.294 e. The molecule has 1 atom stereocenters. The summed E-state index contributed by atoms with van der Waals surface area (Å²) in [5.74, 6) is 1.42. The highest BCUT2D eigenvalue weighted by atomic mass is 35.5. The predicted octanol–water partition coefficient (Wildman–Crippen LogP) is 2.23. The Morgan fingerprint density at radius 1 is 1.56 bits per heavy atom. The van der Waals surface area contributed by atoms with Gasteiger partial charge in [-0.05, 0) is 33.1 Å². The largest absolute Gasteiger partial charge is 0.294 e. The number of hydrogen-bond acceptors (Lipinski definition) is 2. The Bertz CT molecular complexity index is 453. The molecule has 88 valence electrons. The highest BCUT2D eigenvalue weighted by Crippen LogP contribution is 2.21. The first-order chi connectivity index (χ1) is 7.65. The predicted molar refractivity (Wildman–Crippen MR) is 65.3 cm³/mol. The van der Waals surface area contributed by atoms with Crippen LogP contribution in [0.1, 0.15) is 42.9 Å². The van der Waals surface area contributed by atoms with E-state index in [1.165, 1.54) is 0 Å². The minimum absolute atomic E-state index is 0.121. The lowest BCUT2D eigenvalue weighted by molar-refractivity contribution is 0.401. The van der Waals surface area contributed by atoms with Crippen LogP contribution >= 0.6 is 11.6 Å². The highest BCUT2D eigenvalue weighted by Gasteiger charge is 2.21. The maximum atomic E-state index is 12.3. The van der Waals surface area contributed by atoms with Crippen LogP contribution in [-0.2, 0) is 12.8 Å². The van der Waals surface area contributed by atoms with Gasteiger partial charge in [0.25, 0.3) is 5.56 Å². The van der Waals surface area contributed by atoms with Gasteiger partial charge >= 0.3 is 0 Å². The van der Waals surface area contributed by atoms with Crippen LogP contribution in [0.15, 0.2) is 4.79 Å². The lowest BCUT2D eigenvalue weighted by atomic mass is 10.0. The van der Waals surface area contributed by atoms with E-state index < -0.39 is 0 Å². The second kappa shape index (κ2) is 4.58. The van der Waals surface area contributed by atoms with Crippen LogP contribution < -0.4 is 5.56 Å². The van der Waals surface area contributed by atoms with Gasteiger partial charge in [0, 0.05) is 29.6 Å². The summed E-state index contributed by atoms with van der Waals surface area (Å²) in [4.78, 5) is 16.8. The van der Waals surface area contributed by atoms with Crippen molar-refractivity contribution in [1.82, 2.24) is 9.55 Å². The Morgan fingerprint density at radius 2 is 2.31 bits per heavy atom. The van der Waals surface area contributed by atoms with E-state index in [2.05, 4.69) is 11.9 Å². The first-order valence-corrected chi connectivity index (χ1v) is 6.35. The molecule has 1 aromatic rings. The fraction of sp³-hybridized carbons (Fsp3) is 0.667. The Labute approximate surface area is 100 Å². The van der Waals surface area contributed by atoms with Gasteiger partial charge in [-0.2, -0.15) is 0 Å². The van der Waals surface area contributed by atoms with Crippen LogP contribution in [0.2, 0.25) is 0 Å². The van der Waals surface area contributed by atoms with Gasteiger partial charge in [-0.25, -0.2) is 4.98 Å². The van der Waals surface area contributed by atoms with Crippen molar-refractivity contribution in [2.75, 3.05) is 5.88 Å². The zero-order valence-corrected chi connectivity index (χ0v) is 10.5. The summed E-state index contributed by atoms with van der Waals surface area (Å²) in [6.45, 7) is 3.99. The third-order valence-corrected chi connectivity index (χ3v) is 3.49. The normalized spacial score (nSPS) is 19.6. The monoisotopic (exact) mass is 240 g/mol. The summed E-state index contributed by atoms with van der Waals surface area (Å²) in [7, 11) is 0. The number of halogens is 1. The zero-order chi connectivity index (χ0) is 11.7. The molecule has 2 rings (SSSR count). The van der Waals surface area contributed by atoms with E-state index in [0.717, 1.165) is 36.3 Å². The van der Waals surface area contributed by atoms with Crippen molar-refractivity contribution in [1.29, 1.82) is 0 Å². The molecule has 16 heavy (non-hydrogen) atoms. The number of aryl methyl sites for hydroxylation is 2. The van der Waals surface area contributed by atoms with Gasteiger partial charge in [-0.3, -0.25) is 9.36 Å². The molecular weight excluding hydrogens is 224 g/mol. The number of nitrogens with zero attached hydrogens (tertiary/aromatic N) is 2. The summed E-state index contributed by atoms with van der Waals surface area (Å²) in [6.07, 6.45) is 3.73. The summed E-state index contributed by atoms with van der Waals surface area (Å²) in [6, 6.07) is 0.276. The average Bonchev–Trinajstić information content (AvgIpc) is 2.24. The molecule has 0 radical (unpaired) electrons. The van der Waals surface area contributed by atoms with E-state index in [1.807, 2.05) is 11.5 Å². The lowest BCUT2D eigenvalue weighted by Gasteiger charge is -2.25. The molecule has 3 nitrogen and oxygen atoms in total. The summed E-state index contributed by atoms with van der Waals surface area (Å²) in [5.41, 5.74) is 1.76. The molecule has 0 amide bonds. The fourth-order valence-corrected chi connectivity index (χ4v) is 2.62. The first-order valence-electron chi connectivity index (χ1n) is 5.82. The van der Waals surface area contributed by atoms with Crippen LogP contribution in [-0.4, -0.2) is 15.4 Å². The SMILES string of the molecule is Cc1nc2n(c(=O)c1CCCl)C(C)CCC2. The van der Waals surface area contributed by atoms with Gasteiger partial charge in [0.05, 0.1) is 0 Å². The minimum atomic E-state index is 0.121. The topological polar surface area (TPSA) is 34.9 Å². The lowest BCUT2D eigenvalue weighted by Crippen LogP contribution is -2.34. The molecule has 0 aliphatic carbocycles. The third-order valence-electron chi connectivity index (χ3n) is 3.30. The standard InChI is InChI=1S/C12H17ClN2O/c1-8-4-3-5-11-14-9(2)10(6-7-13)12(16)15(8)11/h8H,3-7H2,1-2H3. The van der Waals surface area contributed by atoms with Gasteiger partial charge < -0.3 is 0 Å². The van der Waals surface area contributed by atoms with Crippen LogP contribution in [0.3, 0.4) is 0 Å². The van der Waals surface area contributed by atoms with Crippen molar-refractivity contribution in [3.63, 3.8) is 0 Å². The third kappa shape index (κ3) is 1.88. The molecule has 4 heteroatoms. The molecule has 1 aliphatic heterocycles. The van der Waals surface area contributed by atoms with Crippen molar-refractivity contribution >= 4 is 11.6 Å². The van der Waals surface area contributed by atoms with Gasteiger partial charge in [0.1, 0.15) is 5.82 Å². The second-order valence-corrected chi connectivity index (χ2v) is 4.83. The molecule has 1 aliphatic rings. The van der Waals surface area contributed by atoms with Crippen LogP contribution in [0.4, 0.5) is 0 Å². The van der Waals surface area contributed by atoms with E-state index in [1.54, 1.807) is 0 Å². The average molecular weight is 241 g/mol. The zero-order valence-electron chi connectivity index (χ0n) is 9.79. The van der Waals surface area contributed by atoms with Crippen LogP contribution in [0.5, 0.6) is 0 Å². The van der Waals surface area contributed by atoms with Crippen molar-refractivity contribution in [3.05, 3.63) is 27.4 Å². The van der Waals surface area contributed by atoms with E-state index in [9.17, 15) is 4.79 Å². The smallest absolute Gasteiger partial charge is 0.257 e. The summed E-state index contributed by atoms with van der Waals surface area (Å²) >= 11 is 5.72. The van der Waals surface area contributed by atoms with Gasteiger partial charge in [-0.15, -0.1) is 11.6 Å². The highest BCUT2D eigenvalue weighted by molar-refractivity contribution is 6.17. The molecule has 0 aromatic carbocycles. The van der Waals surface area contributed by atoms with Crippen molar-refractivity contribution in [2.45, 2.75) is 45.6 Å². The van der Waals surface area contributed by atoms with E-state index in [0.29, 0.717) is 12.3 Å². The Hall–Kier alpha value is -0.830. The van der Waals surface area contributed by atoms with E-state index in [4.69, 9.17) is 11.6 Å². The van der Waals surface area contributed by atoms with E-state index >= 15 is 0 Å². The van der Waals surface area contributed by atoms with Crippen molar-refractivity contribution in [3.8, 4) is 0 Å². The molecule has 0 fully saturated rings. The van der Waals surface area contributed by atoms with Crippen molar-refractivity contribution < 1.29 is 0 Å². The fourth-order valence-electron chi connectivity index (χ4n) is 2.43. The molecule has 0 saturated heterocycles. The Kier molecular flexibility index (Phi) is 3.33. The maximum absolute atomic E-state index is 12.3. The molecule has 0 spiro atoms. The maximum Gasteiger partial charge on any atom is 0.257 e. The molecule has 0 N–H and O–H groups in total. The summed E-state index contributed by atoms with van der Waals surface area (Å²) < 4.78 is 1.86. The molecule has 1 unspecified atom stereocenters. The first kappa shape index (κ1) is 11.6. The van der Waals surface area contributed by atoms with Gasteiger partial charge in [0.15, 0.2) is 0 Å². The Balaban J connectivity index is 2.59. The van der Waals surface area contributed by atoms with Crippen LogP contribution in [0.25, 0.3) is 0 Å². The number of rotatable bonds is 2. The second-order valence-electron chi connectivity index (χ2n) is 4.45. The molecule has 0 bridgehead atoms. The van der Waals surface area contributed by atoms with Gasteiger partial charge in [0.2, 0.25) is 0 Å². The van der Waals surface area contributed by atoms with Crippen molar-refractivity contribution in [2.24, 2.45) is 0 Å². The Morgan fingerprint density at radius 3 is 3.00 bits per heavy atom. The molecule has 1 aromatic heterocycles. The van der Waals surface area contributed by atoms with Gasteiger partial charge in [-0.1, -0.05) is 0 Å². The molecule has 0 saturated carbocycles. The van der Waals surface area contributed by atoms with Crippen LogP contribution in [0, 0.1) is 6.92 Å².